The van der Waals surface area contributed by atoms with Crippen molar-refractivity contribution in [2.24, 2.45) is 11.0 Å². The summed E-state index contributed by atoms with van der Waals surface area (Å²) in [7, 11) is -3.36. The van der Waals surface area contributed by atoms with Crippen LogP contribution in [0.1, 0.15) is 6.42 Å². The van der Waals surface area contributed by atoms with Crippen molar-refractivity contribution in [1.29, 1.82) is 0 Å². The van der Waals surface area contributed by atoms with Gasteiger partial charge in [0, 0.05) is 13.1 Å². The summed E-state index contributed by atoms with van der Waals surface area (Å²) in [5.74, 6) is 5.34. The molecule has 4 N–H and O–H groups in total. The van der Waals surface area contributed by atoms with Gasteiger partial charge in [0.05, 0.1) is 5.25 Å². The third kappa shape index (κ3) is 1.66. The number of hydrogen-bond donors (Lipinski definition) is 2. The first-order valence-electron chi connectivity index (χ1n) is 3.01. The Bertz CT molecular complexity index is 213. The van der Waals surface area contributed by atoms with Gasteiger partial charge in [-0.25, -0.2) is 18.6 Å². The minimum absolute atomic E-state index is 0.360. The van der Waals surface area contributed by atoms with Crippen LogP contribution in [0, 0.1) is 0 Å². The Balaban J connectivity index is 2.62. The first-order valence-corrected chi connectivity index (χ1v) is 4.62. The molecule has 0 aliphatic carbocycles. The Morgan fingerprint density at radius 2 is 2.10 bits per heavy atom. The average molecular weight is 165 g/mol. The molecule has 0 radical (unpaired) electrons. The molecule has 1 rings (SSSR count). The molecule has 0 aromatic carbocycles. The Labute approximate surface area is 60.0 Å². The predicted molar refractivity (Wildman–Crippen MR) is 37.3 cm³/mol. The second-order valence-electron chi connectivity index (χ2n) is 2.49. The second kappa shape index (κ2) is 2.46. The number of primary sulfonamides is 1. The van der Waals surface area contributed by atoms with E-state index in [1.54, 1.807) is 0 Å². The van der Waals surface area contributed by atoms with Gasteiger partial charge in [-0.3, -0.25) is 5.84 Å². The first kappa shape index (κ1) is 7.93. The Morgan fingerprint density at radius 1 is 1.50 bits per heavy atom. The van der Waals surface area contributed by atoms with Crippen LogP contribution in [0.5, 0.6) is 0 Å². The molecule has 0 aromatic heterocycles. The Morgan fingerprint density at radius 3 is 2.30 bits per heavy atom. The summed E-state index contributed by atoms with van der Waals surface area (Å²) in [5, 5.41) is 5.90. The average Bonchev–Trinajstić information content (AvgIpc) is 2.11. The van der Waals surface area contributed by atoms with E-state index in [9.17, 15) is 8.42 Å². The quantitative estimate of drug-likeness (QED) is 0.450. The number of hydrazine groups is 1. The van der Waals surface area contributed by atoms with E-state index in [2.05, 4.69) is 0 Å². The highest BCUT2D eigenvalue weighted by molar-refractivity contribution is 7.89. The molecule has 1 atom stereocenters. The van der Waals surface area contributed by atoms with Gasteiger partial charge in [0.15, 0.2) is 0 Å². The fourth-order valence-corrected chi connectivity index (χ4v) is 1.86. The van der Waals surface area contributed by atoms with Gasteiger partial charge in [0.1, 0.15) is 0 Å². The summed E-state index contributed by atoms with van der Waals surface area (Å²) in [6, 6.07) is 0. The second-order valence-corrected chi connectivity index (χ2v) is 4.34. The van der Waals surface area contributed by atoms with E-state index in [-0.39, 0.29) is 0 Å². The molecular formula is C4H11N3O2S. The summed E-state index contributed by atoms with van der Waals surface area (Å²) in [5.41, 5.74) is 0. The van der Waals surface area contributed by atoms with Crippen molar-refractivity contribution in [3.63, 3.8) is 0 Å². The molecule has 1 saturated heterocycles. The highest BCUT2D eigenvalue weighted by atomic mass is 32.2. The maximum absolute atomic E-state index is 10.7. The zero-order valence-corrected chi connectivity index (χ0v) is 6.34. The Kier molecular flexibility index (Phi) is 1.95. The number of nitrogens with zero attached hydrogens (tertiary/aromatic N) is 1. The largest absolute Gasteiger partial charge is 0.269 e. The lowest BCUT2D eigenvalue weighted by Crippen LogP contribution is -2.34. The number of rotatable bonds is 1. The summed E-state index contributed by atoms with van der Waals surface area (Å²) >= 11 is 0. The minimum atomic E-state index is -3.36. The summed E-state index contributed by atoms with van der Waals surface area (Å²) in [4.78, 5) is 0. The van der Waals surface area contributed by atoms with Crippen LogP contribution in [-0.4, -0.2) is 31.8 Å². The molecule has 1 heterocycles. The zero-order chi connectivity index (χ0) is 7.78. The van der Waals surface area contributed by atoms with Crippen molar-refractivity contribution < 1.29 is 8.42 Å². The van der Waals surface area contributed by atoms with Gasteiger partial charge >= 0.3 is 0 Å². The minimum Gasteiger partial charge on any atom is -0.269 e. The molecule has 10 heavy (non-hydrogen) atoms. The van der Waals surface area contributed by atoms with Gasteiger partial charge in [0.2, 0.25) is 10.0 Å². The molecule has 5 nitrogen and oxygen atoms in total. The zero-order valence-electron chi connectivity index (χ0n) is 5.53. The lowest BCUT2D eigenvalue weighted by Gasteiger charge is -2.06. The van der Waals surface area contributed by atoms with Gasteiger partial charge in [-0.15, -0.1) is 0 Å². The highest BCUT2D eigenvalue weighted by Crippen LogP contribution is 2.10. The van der Waals surface area contributed by atoms with E-state index < -0.39 is 15.3 Å². The smallest absolute Gasteiger partial charge is 0.213 e. The molecule has 0 spiro atoms. The lowest BCUT2D eigenvalue weighted by molar-refractivity contribution is 0.355. The standard InChI is InChI=1S/C4H11N3O2S/c5-7-2-1-4(3-7)10(6,8)9/h4H,1-3,5H2,(H2,6,8,9). The van der Waals surface area contributed by atoms with Crippen LogP contribution in [-0.2, 0) is 10.0 Å². The van der Waals surface area contributed by atoms with Gasteiger partial charge < -0.3 is 0 Å². The predicted octanol–water partition coefficient (Wildman–Crippen LogP) is -1.78. The van der Waals surface area contributed by atoms with Crippen LogP contribution < -0.4 is 11.0 Å². The van der Waals surface area contributed by atoms with E-state index in [1.807, 2.05) is 0 Å². The maximum Gasteiger partial charge on any atom is 0.213 e. The van der Waals surface area contributed by atoms with Crippen LogP contribution in [0.15, 0.2) is 0 Å². The third-order valence-electron chi connectivity index (χ3n) is 1.64. The van der Waals surface area contributed by atoms with Crippen LogP contribution >= 0.6 is 0 Å². The van der Waals surface area contributed by atoms with Crippen molar-refractivity contribution in [3.05, 3.63) is 0 Å². The maximum atomic E-state index is 10.7. The molecule has 0 aromatic rings. The van der Waals surface area contributed by atoms with Crippen LogP contribution in [0.25, 0.3) is 0 Å². The van der Waals surface area contributed by atoms with E-state index in [4.69, 9.17) is 11.0 Å². The van der Waals surface area contributed by atoms with E-state index in [0.29, 0.717) is 19.5 Å². The Hall–Kier alpha value is -0.170. The number of nitrogens with two attached hydrogens (primary N) is 2. The molecule has 60 valence electrons. The van der Waals surface area contributed by atoms with E-state index in [0.717, 1.165) is 0 Å². The van der Waals surface area contributed by atoms with Crippen molar-refractivity contribution in [3.8, 4) is 0 Å². The molecule has 1 unspecified atom stereocenters. The molecule has 0 bridgehead atoms. The SMILES string of the molecule is NN1CCC(S(N)(=O)=O)C1. The highest BCUT2D eigenvalue weighted by Gasteiger charge is 2.28. The van der Waals surface area contributed by atoms with E-state index >= 15 is 0 Å². The molecule has 0 saturated carbocycles. The van der Waals surface area contributed by atoms with Crippen LogP contribution in [0.3, 0.4) is 0 Å². The van der Waals surface area contributed by atoms with Gasteiger partial charge in [-0.1, -0.05) is 0 Å². The molecule has 1 aliphatic rings. The molecular weight excluding hydrogens is 154 g/mol. The summed E-state index contributed by atoms with van der Waals surface area (Å²) < 4.78 is 21.3. The van der Waals surface area contributed by atoms with Gasteiger partial charge in [-0.05, 0) is 6.42 Å². The first-order chi connectivity index (χ1) is 4.50. The third-order valence-corrected chi connectivity index (χ3v) is 2.96. The van der Waals surface area contributed by atoms with Crippen molar-refractivity contribution in [1.82, 2.24) is 5.01 Å². The van der Waals surface area contributed by atoms with Gasteiger partial charge in [0.25, 0.3) is 0 Å². The topological polar surface area (TPSA) is 89.4 Å². The summed E-state index contributed by atoms with van der Waals surface area (Å²) in [6.45, 7) is 0.972. The van der Waals surface area contributed by atoms with Crippen molar-refractivity contribution >= 4 is 10.0 Å². The van der Waals surface area contributed by atoms with Crippen LogP contribution in [0.4, 0.5) is 0 Å². The monoisotopic (exact) mass is 165 g/mol. The number of sulfonamides is 1. The van der Waals surface area contributed by atoms with E-state index in [1.165, 1.54) is 5.01 Å². The van der Waals surface area contributed by atoms with Crippen molar-refractivity contribution in [2.45, 2.75) is 11.7 Å². The lowest BCUT2D eigenvalue weighted by atomic mass is 10.4. The normalized spacial score (nSPS) is 29.2. The number of hydrogen-bond acceptors (Lipinski definition) is 4. The van der Waals surface area contributed by atoms with Gasteiger partial charge in [-0.2, -0.15) is 0 Å². The molecule has 6 heteroatoms. The molecule has 1 fully saturated rings. The van der Waals surface area contributed by atoms with Crippen molar-refractivity contribution in [2.75, 3.05) is 13.1 Å². The summed E-state index contributed by atoms with van der Waals surface area (Å²) in [6.07, 6.45) is 0.551. The molecule has 0 amide bonds. The molecule has 1 aliphatic heterocycles. The fourth-order valence-electron chi connectivity index (χ4n) is 1.02. The van der Waals surface area contributed by atoms with Crippen LogP contribution in [0.2, 0.25) is 0 Å². The fraction of sp³-hybridized carbons (Fsp3) is 1.00.